The second-order valence-corrected chi connectivity index (χ2v) is 7.04. The van der Waals surface area contributed by atoms with Gasteiger partial charge in [0, 0.05) is 12.2 Å². The van der Waals surface area contributed by atoms with Crippen LogP contribution in [0.3, 0.4) is 0 Å². The molecule has 0 radical (unpaired) electrons. The van der Waals surface area contributed by atoms with Crippen LogP contribution in [0.4, 0.5) is 0 Å². The molecule has 1 heterocycles. The van der Waals surface area contributed by atoms with Gasteiger partial charge in [-0.2, -0.15) is 0 Å². The van der Waals surface area contributed by atoms with Crippen LogP contribution in [0.5, 0.6) is 0 Å². The van der Waals surface area contributed by atoms with Crippen LogP contribution >= 0.6 is 23.3 Å². The van der Waals surface area contributed by atoms with Gasteiger partial charge in [0.1, 0.15) is 4.21 Å². The summed E-state index contributed by atoms with van der Waals surface area (Å²) in [6, 6.07) is 10.2. The highest BCUT2D eigenvalue weighted by Crippen LogP contribution is 2.29. The summed E-state index contributed by atoms with van der Waals surface area (Å²) < 4.78 is 4.87. The van der Waals surface area contributed by atoms with Crippen molar-refractivity contribution in [3.63, 3.8) is 0 Å². The van der Waals surface area contributed by atoms with E-state index in [9.17, 15) is 4.79 Å². The van der Waals surface area contributed by atoms with Crippen LogP contribution in [-0.4, -0.2) is 15.4 Å². The number of ketones is 1. The Labute approximate surface area is 128 Å². The zero-order valence-corrected chi connectivity index (χ0v) is 13.3. The molecule has 0 fully saturated rings. The molecule has 0 bridgehead atoms. The van der Waals surface area contributed by atoms with E-state index in [1.54, 1.807) is 11.8 Å². The number of carbonyl (C=O) groups is 1. The number of benzene rings is 1. The molecular formula is C15H18N2OS2. The largest absolute Gasteiger partial charge is 0.292 e. The van der Waals surface area contributed by atoms with Gasteiger partial charge in [-0.05, 0) is 29.4 Å². The Morgan fingerprint density at radius 2 is 2.05 bits per heavy atom. The number of hydrogen-bond donors (Lipinski definition) is 0. The highest BCUT2D eigenvalue weighted by Gasteiger charge is 2.17. The summed E-state index contributed by atoms with van der Waals surface area (Å²) >= 11 is 2.95. The Balaban J connectivity index is 1.96. The summed E-state index contributed by atoms with van der Waals surface area (Å²) in [5.41, 5.74) is 1.79. The summed E-state index contributed by atoms with van der Waals surface area (Å²) in [5.74, 6) is 1.49. The number of hydrogen-bond acceptors (Lipinski definition) is 5. The fraction of sp³-hybridized carbons (Fsp3) is 0.400. The average molecular weight is 306 g/mol. The molecule has 2 aromatic rings. The van der Waals surface area contributed by atoms with Crippen molar-refractivity contribution >= 4 is 29.1 Å². The lowest BCUT2D eigenvalue weighted by Gasteiger charge is -2.03. The fourth-order valence-electron chi connectivity index (χ4n) is 1.71. The lowest BCUT2D eigenvalue weighted by atomic mass is 10.1. The van der Waals surface area contributed by atoms with Gasteiger partial charge in [0.2, 0.25) is 0 Å². The average Bonchev–Trinajstić information content (AvgIpc) is 2.92. The van der Waals surface area contributed by atoms with E-state index in [1.165, 1.54) is 17.1 Å². The minimum atomic E-state index is 0.114. The number of nitrogens with zero attached hydrogens (tertiary/aromatic N) is 2. The van der Waals surface area contributed by atoms with Gasteiger partial charge in [0.25, 0.3) is 0 Å². The SMILES string of the molecule is CC(C)CCC(=O)c1nnsc1SCc1ccccc1. The first-order valence-corrected chi connectivity index (χ1v) is 8.45. The summed E-state index contributed by atoms with van der Waals surface area (Å²) in [6.45, 7) is 4.25. The molecule has 2 rings (SSSR count). The van der Waals surface area contributed by atoms with Crippen LogP contribution < -0.4 is 0 Å². The van der Waals surface area contributed by atoms with Crippen LogP contribution in [-0.2, 0) is 5.75 Å². The molecule has 0 aliphatic carbocycles. The van der Waals surface area contributed by atoms with Crippen LogP contribution in [0.25, 0.3) is 0 Å². The van der Waals surface area contributed by atoms with Crippen molar-refractivity contribution < 1.29 is 4.79 Å². The highest BCUT2D eigenvalue weighted by atomic mass is 32.2. The number of rotatable bonds is 7. The highest BCUT2D eigenvalue weighted by molar-refractivity contribution is 8.00. The van der Waals surface area contributed by atoms with Crippen LogP contribution in [0.1, 0.15) is 42.7 Å². The van der Waals surface area contributed by atoms with Crippen LogP contribution in [0, 0.1) is 5.92 Å². The molecule has 3 nitrogen and oxygen atoms in total. The molecule has 0 spiro atoms. The van der Waals surface area contributed by atoms with Gasteiger partial charge in [-0.1, -0.05) is 48.7 Å². The summed E-state index contributed by atoms with van der Waals surface area (Å²) in [5, 5.41) is 4.00. The zero-order chi connectivity index (χ0) is 14.4. The van der Waals surface area contributed by atoms with Crippen molar-refractivity contribution in [1.29, 1.82) is 0 Å². The Morgan fingerprint density at radius 3 is 2.75 bits per heavy atom. The molecule has 0 atom stereocenters. The molecule has 0 saturated heterocycles. The van der Waals surface area contributed by atoms with E-state index in [-0.39, 0.29) is 5.78 Å². The first-order chi connectivity index (χ1) is 9.66. The second-order valence-electron chi connectivity index (χ2n) is 5.04. The molecule has 20 heavy (non-hydrogen) atoms. The molecule has 0 saturated carbocycles. The maximum absolute atomic E-state index is 12.1. The first-order valence-electron chi connectivity index (χ1n) is 6.69. The third-order valence-corrected chi connectivity index (χ3v) is 4.92. The Hall–Kier alpha value is -1.20. The van der Waals surface area contributed by atoms with E-state index in [2.05, 4.69) is 35.6 Å². The Morgan fingerprint density at radius 1 is 1.30 bits per heavy atom. The molecule has 0 aliphatic rings. The van der Waals surface area contributed by atoms with Crippen molar-refractivity contribution in [1.82, 2.24) is 9.59 Å². The van der Waals surface area contributed by atoms with Gasteiger partial charge >= 0.3 is 0 Å². The van der Waals surface area contributed by atoms with Gasteiger partial charge in [0.15, 0.2) is 11.5 Å². The maximum atomic E-state index is 12.1. The molecule has 0 aliphatic heterocycles. The van der Waals surface area contributed by atoms with E-state index < -0.39 is 0 Å². The van der Waals surface area contributed by atoms with Crippen molar-refractivity contribution in [2.24, 2.45) is 5.92 Å². The van der Waals surface area contributed by atoms with E-state index in [1.807, 2.05) is 18.2 Å². The molecule has 1 aromatic heterocycles. The van der Waals surface area contributed by atoms with Gasteiger partial charge in [-0.15, -0.1) is 16.9 Å². The normalized spacial score (nSPS) is 10.9. The van der Waals surface area contributed by atoms with Crippen molar-refractivity contribution in [3.05, 3.63) is 41.6 Å². The number of thioether (sulfide) groups is 1. The molecule has 106 valence electrons. The number of carbonyl (C=O) groups excluding carboxylic acids is 1. The summed E-state index contributed by atoms with van der Waals surface area (Å²) in [4.78, 5) is 12.1. The third kappa shape index (κ3) is 4.42. The molecular weight excluding hydrogens is 288 g/mol. The van der Waals surface area contributed by atoms with Crippen LogP contribution in [0.2, 0.25) is 0 Å². The molecule has 1 aromatic carbocycles. The molecule has 0 N–H and O–H groups in total. The van der Waals surface area contributed by atoms with Crippen molar-refractivity contribution in [2.75, 3.05) is 0 Å². The minimum absolute atomic E-state index is 0.114. The molecule has 0 unspecified atom stereocenters. The first kappa shape index (κ1) is 15.2. The van der Waals surface area contributed by atoms with Gasteiger partial charge in [-0.25, -0.2) is 0 Å². The smallest absolute Gasteiger partial charge is 0.185 e. The van der Waals surface area contributed by atoms with E-state index in [0.29, 0.717) is 18.0 Å². The van der Waals surface area contributed by atoms with E-state index >= 15 is 0 Å². The number of Topliss-reactive ketones (excluding diaryl/α,β-unsaturated/α-hetero) is 1. The van der Waals surface area contributed by atoms with Gasteiger partial charge in [0.05, 0.1) is 0 Å². The lowest BCUT2D eigenvalue weighted by molar-refractivity contribution is 0.0968. The Bertz CT molecular complexity index is 552. The van der Waals surface area contributed by atoms with Gasteiger partial charge in [-0.3, -0.25) is 4.79 Å². The lowest BCUT2D eigenvalue weighted by Crippen LogP contribution is -2.03. The maximum Gasteiger partial charge on any atom is 0.185 e. The number of aromatic nitrogens is 2. The van der Waals surface area contributed by atoms with Gasteiger partial charge < -0.3 is 0 Å². The fourth-order valence-corrected chi connectivity index (χ4v) is 3.41. The van der Waals surface area contributed by atoms with Crippen molar-refractivity contribution in [2.45, 2.75) is 36.7 Å². The quantitative estimate of drug-likeness (QED) is 0.560. The zero-order valence-electron chi connectivity index (χ0n) is 11.7. The predicted octanol–water partition coefficient (Wildman–Crippen LogP) is 4.45. The standard InChI is InChI=1S/C15H18N2OS2/c1-11(2)8-9-13(18)14-15(20-17-16-14)19-10-12-6-4-3-5-7-12/h3-7,11H,8-10H2,1-2H3. The summed E-state index contributed by atoms with van der Waals surface area (Å²) in [6.07, 6.45) is 1.46. The van der Waals surface area contributed by atoms with E-state index in [4.69, 9.17) is 0 Å². The molecule has 0 amide bonds. The third-order valence-electron chi connectivity index (χ3n) is 2.88. The predicted molar refractivity (Wildman–Crippen MR) is 84.3 cm³/mol. The van der Waals surface area contributed by atoms with Crippen LogP contribution in [0.15, 0.2) is 34.5 Å². The molecule has 5 heteroatoms. The second kappa shape index (κ2) is 7.55. The van der Waals surface area contributed by atoms with E-state index in [0.717, 1.165) is 16.4 Å². The monoisotopic (exact) mass is 306 g/mol. The Kier molecular flexibility index (Phi) is 5.73. The minimum Gasteiger partial charge on any atom is -0.292 e. The topological polar surface area (TPSA) is 42.9 Å². The summed E-state index contributed by atoms with van der Waals surface area (Å²) in [7, 11) is 0. The van der Waals surface area contributed by atoms with Crippen molar-refractivity contribution in [3.8, 4) is 0 Å².